The molecule has 0 fully saturated rings. The van der Waals surface area contributed by atoms with E-state index in [2.05, 4.69) is 12.2 Å². The molecule has 0 bridgehead atoms. The summed E-state index contributed by atoms with van der Waals surface area (Å²) in [7, 11) is 0. The second-order valence-corrected chi connectivity index (χ2v) is 5.35. The smallest absolute Gasteiger partial charge is 0.115 e. The molecule has 1 aromatic rings. The topological polar surface area (TPSA) is 52.5 Å². The molecule has 100 valence electrons. The summed E-state index contributed by atoms with van der Waals surface area (Å²) in [4.78, 5) is 0. The van der Waals surface area contributed by atoms with Crippen molar-refractivity contribution in [3.8, 4) is 5.75 Å². The molecule has 2 rings (SSSR count). The maximum atomic E-state index is 9.51. The van der Waals surface area contributed by atoms with Gasteiger partial charge >= 0.3 is 0 Å². The summed E-state index contributed by atoms with van der Waals surface area (Å²) in [6.45, 7) is 3.35. The van der Waals surface area contributed by atoms with Crippen molar-refractivity contribution in [3.05, 3.63) is 29.3 Å². The fourth-order valence-electron chi connectivity index (χ4n) is 2.68. The first-order chi connectivity index (χ1) is 8.70. The lowest BCUT2D eigenvalue weighted by Crippen LogP contribution is -2.29. The molecule has 0 heterocycles. The van der Waals surface area contributed by atoms with Crippen molar-refractivity contribution >= 4 is 0 Å². The van der Waals surface area contributed by atoms with Crippen molar-refractivity contribution < 1.29 is 10.2 Å². The van der Waals surface area contributed by atoms with Crippen LogP contribution in [-0.2, 0) is 6.42 Å². The van der Waals surface area contributed by atoms with Crippen LogP contribution >= 0.6 is 0 Å². The fraction of sp³-hybridized carbons (Fsp3) is 0.600. The van der Waals surface area contributed by atoms with Crippen LogP contribution in [0.1, 0.15) is 43.4 Å². The van der Waals surface area contributed by atoms with Crippen molar-refractivity contribution in [1.82, 2.24) is 5.32 Å². The second-order valence-electron chi connectivity index (χ2n) is 5.35. The third kappa shape index (κ3) is 3.24. The SMILES string of the molecule is CC(CCO)CNC1CCCc2cc(O)ccc21. The van der Waals surface area contributed by atoms with Crippen molar-refractivity contribution in [2.24, 2.45) is 5.92 Å². The van der Waals surface area contributed by atoms with Crippen LogP contribution in [0, 0.1) is 5.92 Å². The molecule has 1 aliphatic rings. The van der Waals surface area contributed by atoms with E-state index in [0.717, 1.165) is 25.8 Å². The molecule has 2 atom stereocenters. The van der Waals surface area contributed by atoms with Crippen LogP contribution in [0.2, 0.25) is 0 Å². The number of nitrogens with one attached hydrogen (secondary N) is 1. The van der Waals surface area contributed by atoms with Crippen LogP contribution in [0.15, 0.2) is 18.2 Å². The van der Waals surface area contributed by atoms with Gasteiger partial charge in [0.1, 0.15) is 5.75 Å². The molecule has 3 nitrogen and oxygen atoms in total. The zero-order chi connectivity index (χ0) is 13.0. The van der Waals surface area contributed by atoms with Crippen LogP contribution in [0.5, 0.6) is 5.75 Å². The summed E-state index contributed by atoms with van der Waals surface area (Å²) in [5.41, 5.74) is 2.60. The molecular formula is C15H23NO2. The molecule has 0 aliphatic heterocycles. The molecular weight excluding hydrogens is 226 g/mol. The molecule has 18 heavy (non-hydrogen) atoms. The van der Waals surface area contributed by atoms with E-state index in [1.54, 1.807) is 6.07 Å². The largest absolute Gasteiger partial charge is 0.508 e. The molecule has 2 unspecified atom stereocenters. The third-order valence-electron chi connectivity index (χ3n) is 3.78. The quantitative estimate of drug-likeness (QED) is 0.751. The lowest BCUT2D eigenvalue weighted by molar-refractivity contribution is 0.256. The third-order valence-corrected chi connectivity index (χ3v) is 3.78. The predicted octanol–water partition coefficient (Wildman–Crippen LogP) is 2.38. The summed E-state index contributed by atoms with van der Waals surface area (Å²) >= 11 is 0. The Kier molecular flexibility index (Phi) is 4.61. The van der Waals surface area contributed by atoms with Crippen LogP contribution < -0.4 is 5.32 Å². The fourth-order valence-corrected chi connectivity index (χ4v) is 2.68. The number of fused-ring (bicyclic) bond motifs is 1. The number of benzene rings is 1. The Morgan fingerprint density at radius 3 is 3.06 bits per heavy atom. The number of aliphatic hydroxyl groups is 1. The van der Waals surface area contributed by atoms with Crippen molar-refractivity contribution in [3.63, 3.8) is 0 Å². The number of rotatable bonds is 5. The molecule has 0 saturated carbocycles. The number of phenols is 1. The van der Waals surface area contributed by atoms with E-state index in [4.69, 9.17) is 5.11 Å². The minimum absolute atomic E-state index is 0.262. The van der Waals surface area contributed by atoms with E-state index in [0.29, 0.717) is 17.7 Å². The van der Waals surface area contributed by atoms with Gasteiger partial charge in [0.15, 0.2) is 0 Å². The van der Waals surface area contributed by atoms with Gasteiger partial charge in [0.05, 0.1) is 0 Å². The van der Waals surface area contributed by atoms with Gasteiger partial charge in [-0.25, -0.2) is 0 Å². The molecule has 0 amide bonds. The highest BCUT2D eigenvalue weighted by atomic mass is 16.3. The maximum Gasteiger partial charge on any atom is 0.115 e. The Hall–Kier alpha value is -1.06. The summed E-state index contributed by atoms with van der Waals surface area (Å²) in [6.07, 6.45) is 4.24. The van der Waals surface area contributed by atoms with E-state index in [1.807, 2.05) is 12.1 Å². The van der Waals surface area contributed by atoms with Crippen molar-refractivity contribution in [2.75, 3.05) is 13.2 Å². The minimum atomic E-state index is 0.262. The molecule has 1 aromatic carbocycles. The van der Waals surface area contributed by atoms with Gasteiger partial charge in [-0.1, -0.05) is 13.0 Å². The van der Waals surface area contributed by atoms with Crippen LogP contribution in [0.25, 0.3) is 0 Å². The summed E-state index contributed by atoms with van der Waals surface area (Å²) < 4.78 is 0. The Morgan fingerprint density at radius 2 is 2.28 bits per heavy atom. The van der Waals surface area contributed by atoms with Gasteiger partial charge in [-0.2, -0.15) is 0 Å². The maximum absolute atomic E-state index is 9.51. The zero-order valence-corrected chi connectivity index (χ0v) is 11.0. The van der Waals surface area contributed by atoms with Crippen LogP contribution in [0.4, 0.5) is 0 Å². The lowest BCUT2D eigenvalue weighted by atomic mass is 9.87. The molecule has 1 aliphatic carbocycles. The first kappa shape index (κ1) is 13.4. The average molecular weight is 249 g/mol. The number of phenolic OH excluding ortho intramolecular Hbond substituents is 1. The van der Waals surface area contributed by atoms with E-state index in [1.165, 1.54) is 17.5 Å². The number of hydrogen-bond donors (Lipinski definition) is 3. The lowest BCUT2D eigenvalue weighted by Gasteiger charge is -2.27. The van der Waals surface area contributed by atoms with Crippen LogP contribution in [-0.4, -0.2) is 23.4 Å². The Morgan fingerprint density at radius 1 is 1.44 bits per heavy atom. The normalized spacial score (nSPS) is 20.4. The van der Waals surface area contributed by atoms with E-state index in [9.17, 15) is 5.11 Å². The van der Waals surface area contributed by atoms with Gasteiger partial charge in [-0.3, -0.25) is 0 Å². The Bertz CT molecular complexity index is 392. The number of aliphatic hydroxyl groups excluding tert-OH is 1. The highest BCUT2D eigenvalue weighted by Crippen LogP contribution is 2.31. The molecule has 3 N–H and O–H groups in total. The number of hydrogen-bond acceptors (Lipinski definition) is 3. The van der Waals surface area contributed by atoms with Gasteiger partial charge in [0.25, 0.3) is 0 Å². The number of aryl methyl sites for hydroxylation is 1. The molecule has 0 aromatic heterocycles. The van der Waals surface area contributed by atoms with E-state index < -0.39 is 0 Å². The zero-order valence-electron chi connectivity index (χ0n) is 11.0. The standard InChI is InChI=1S/C15H23NO2/c1-11(7-8-17)10-16-15-4-2-3-12-9-13(18)5-6-14(12)15/h5-6,9,11,15-18H,2-4,7-8,10H2,1H3. The Balaban J connectivity index is 1.99. The average Bonchev–Trinajstić information content (AvgIpc) is 2.36. The van der Waals surface area contributed by atoms with E-state index in [-0.39, 0.29) is 6.61 Å². The van der Waals surface area contributed by atoms with E-state index >= 15 is 0 Å². The molecule has 0 saturated heterocycles. The highest BCUT2D eigenvalue weighted by molar-refractivity contribution is 5.38. The van der Waals surface area contributed by atoms with Gasteiger partial charge < -0.3 is 15.5 Å². The molecule has 0 radical (unpaired) electrons. The molecule has 3 heteroatoms. The van der Waals surface area contributed by atoms with Crippen LogP contribution in [0.3, 0.4) is 0 Å². The van der Waals surface area contributed by atoms with Gasteiger partial charge in [0.2, 0.25) is 0 Å². The molecule has 0 spiro atoms. The summed E-state index contributed by atoms with van der Waals surface area (Å²) in [5, 5.41) is 22.0. The van der Waals surface area contributed by atoms with Crippen molar-refractivity contribution in [2.45, 2.75) is 38.6 Å². The minimum Gasteiger partial charge on any atom is -0.508 e. The highest BCUT2D eigenvalue weighted by Gasteiger charge is 2.20. The Labute approximate surface area is 109 Å². The van der Waals surface area contributed by atoms with Gasteiger partial charge in [0, 0.05) is 12.6 Å². The first-order valence-electron chi connectivity index (χ1n) is 6.86. The number of aromatic hydroxyl groups is 1. The van der Waals surface area contributed by atoms with Crippen molar-refractivity contribution in [1.29, 1.82) is 0 Å². The first-order valence-corrected chi connectivity index (χ1v) is 6.86. The summed E-state index contributed by atoms with van der Waals surface area (Å²) in [5.74, 6) is 0.862. The summed E-state index contributed by atoms with van der Waals surface area (Å²) in [6, 6.07) is 6.10. The predicted molar refractivity (Wildman–Crippen MR) is 72.7 cm³/mol. The monoisotopic (exact) mass is 249 g/mol. The van der Waals surface area contributed by atoms with Gasteiger partial charge in [-0.15, -0.1) is 0 Å². The van der Waals surface area contributed by atoms with Gasteiger partial charge in [-0.05, 0) is 61.4 Å². The second kappa shape index (κ2) is 6.21.